The number of rotatable bonds is 13. The first kappa shape index (κ1) is 23.7. The van der Waals surface area contributed by atoms with Gasteiger partial charge in [-0.3, -0.25) is 0 Å². The molecule has 0 rings (SSSR count). The summed E-state index contributed by atoms with van der Waals surface area (Å²) in [6, 6.07) is 0. The van der Waals surface area contributed by atoms with Gasteiger partial charge in [-0.15, -0.1) is 0 Å². The molecule has 0 aromatic heterocycles. The number of hydrogen-bond acceptors (Lipinski definition) is 1. The summed E-state index contributed by atoms with van der Waals surface area (Å²) in [4.78, 5) is 0. The first-order chi connectivity index (χ1) is 10.8. The van der Waals surface area contributed by atoms with Crippen molar-refractivity contribution in [3.05, 3.63) is 11.3 Å². The molecular formula is C20H44OSiSn. The van der Waals surface area contributed by atoms with Gasteiger partial charge in [0.05, 0.1) is 0 Å². The zero-order chi connectivity index (χ0) is 17.9. The molecule has 1 atom stereocenters. The van der Waals surface area contributed by atoms with Gasteiger partial charge in [-0.25, -0.2) is 0 Å². The van der Waals surface area contributed by atoms with Crippen molar-refractivity contribution < 1.29 is 5.11 Å². The van der Waals surface area contributed by atoms with Gasteiger partial charge in [0.1, 0.15) is 0 Å². The van der Waals surface area contributed by atoms with E-state index >= 15 is 0 Å². The predicted molar refractivity (Wildman–Crippen MR) is 113 cm³/mol. The van der Waals surface area contributed by atoms with Crippen molar-refractivity contribution in [3.63, 3.8) is 0 Å². The maximum absolute atomic E-state index is 11.4. The molecule has 0 saturated carbocycles. The zero-order valence-corrected chi connectivity index (χ0v) is 21.0. The number of aliphatic hydroxyl groups excluding tert-OH is 1. The van der Waals surface area contributed by atoms with Crippen LogP contribution in [0.5, 0.6) is 0 Å². The van der Waals surface area contributed by atoms with Gasteiger partial charge in [0, 0.05) is 0 Å². The van der Waals surface area contributed by atoms with Crippen LogP contribution in [0.2, 0.25) is 33.0 Å². The van der Waals surface area contributed by atoms with Crippen LogP contribution in [0.25, 0.3) is 0 Å². The molecule has 0 spiro atoms. The van der Waals surface area contributed by atoms with Gasteiger partial charge in [0.2, 0.25) is 0 Å². The molecule has 0 aliphatic rings. The number of allylic oxidation sites excluding steroid dienone is 1. The second kappa shape index (κ2) is 12.1. The van der Waals surface area contributed by atoms with Crippen molar-refractivity contribution in [1.29, 1.82) is 0 Å². The molecule has 0 aromatic carbocycles. The first-order valence-electron chi connectivity index (χ1n) is 10.1. The van der Waals surface area contributed by atoms with E-state index in [1.807, 2.05) is 0 Å². The van der Waals surface area contributed by atoms with E-state index in [1.165, 1.54) is 51.8 Å². The maximum atomic E-state index is 11.4. The molecule has 138 valence electrons. The summed E-state index contributed by atoms with van der Waals surface area (Å²) in [7, 11) is -1.29. The summed E-state index contributed by atoms with van der Waals surface area (Å²) < 4.78 is 4.28. The van der Waals surface area contributed by atoms with E-state index in [0.717, 1.165) is 6.42 Å². The van der Waals surface area contributed by atoms with Crippen molar-refractivity contribution in [2.24, 2.45) is 0 Å². The van der Waals surface area contributed by atoms with Gasteiger partial charge >= 0.3 is 153 Å². The van der Waals surface area contributed by atoms with Gasteiger partial charge in [0.15, 0.2) is 0 Å². The fourth-order valence-electron chi connectivity index (χ4n) is 3.74. The van der Waals surface area contributed by atoms with Gasteiger partial charge < -0.3 is 0 Å². The third-order valence-corrected chi connectivity index (χ3v) is 24.1. The zero-order valence-electron chi connectivity index (χ0n) is 17.2. The van der Waals surface area contributed by atoms with E-state index in [0.29, 0.717) is 0 Å². The van der Waals surface area contributed by atoms with E-state index in [1.54, 1.807) is 5.20 Å². The molecule has 0 radical (unpaired) electrons. The van der Waals surface area contributed by atoms with Crippen LogP contribution in [0.3, 0.4) is 0 Å². The molecule has 0 aromatic rings. The van der Waals surface area contributed by atoms with Crippen LogP contribution in [0.1, 0.15) is 72.6 Å². The van der Waals surface area contributed by atoms with Gasteiger partial charge in [0.25, 0.3) is 0 Å². The molecule has 0 bridgehead atoms. The summed E-state index contributed by atoms with van der Waals surface area (Å²) in [6.07, 6.45) is 11.2. The van der Waals surface area contributed by atoms with Crippen LogP contribution in [0, 0.1) is 0 Å². The van der Waals surface area contributed by atoms with Crippen molar-refractivity contribution in [2.45, 2.75) is 110 Å². The van der Waals surface area contributed by atoms with Crippen LogP contribution in [0.4, 0.5) is 0 Å². The molecular weight excluding hydrogens is 403 g/mol. The summed E-state index contributed by atoms with van der Waals surface area (Å²) >= 11 is -2.47. The molecule has 3 heteroatoms. The number of unbranched alkanes of at least 4 members (excludes halogenated alkanes) is 3. The third kappa shape index (κ3) is 8.58. The molecule has 0 amide bonds. The Bertz CT molecular complexity index is 311. The summed E-state index contributed by atoms with van der Waals surface area (Å²) in [5.74, 6) is 0. The monoisotopic (exact) mass is 448 g/mol. The second-order valence-corrected chi connectivity index (χ2v) is 27.6. The quantitative estimate of drug-likeness (QED) is 0.303. The minimum atomic E-state index is -2.47. The molecule has 0 aliphatic heterocycles. The van der Waals surface area contributed by atoms with Crippen LogP contribution in [-0.4, -0.2) is 35.7 Å². The first-order valence-corrected chi connectivity index (χ1v) is 21.3. The summed E-state index contributed by atoms with van der Waals surface area (Å²) in [5, 5.41) is 13.0. The molecule has 1 unspecified atom stereocenters. The van der Waals surface area contributed by atoms with Crippen molar-refractivity contribution in [3.8, 4) is 0 Å². The van der Waals surface area contributed by atoms with Gasteiger partial charge in [-0.2, -0.15) is 0 Å². The van der Waals surface area contributed by atoms with E-state index in [4.69, 9.17) is 0 Å². The summed E-state index contributed by atoms with van der Waals surface area (Å²) in [6.45, 7) is 16.4. The van der Waals surface area contributed by atoms with Crippen LogP contribution < -0.4 is 0 Å². The molecule has 0 heterocycles. The minimum absolute atomic E-state index is 0.0480. The SMILES string of the molecule is C/C=C(/C[CH](O)[Sn]([CH2]CCC)([CH2]CCC)[CH2]CCC)[Si](C)(C)C. The Labute approximate surface area is 152 Å². The Morgan fingerprint density at radius 1 is 0.913 bits per heavy atom. The van der Waals surface area contributed by atoms with E-state index in [9.17, 15) is 5.11 Å². The Morgan fingerprint density at radius 2 is 1.30 bits per heavy atom. The average Bonchev–Trinajstić information content (AvgIpc) is 2.50. The Balaban J connectivity index is 5.32. The van der Waals surface area contributed by atoms with Crippen LogP contribution in [-0.2, 0) is 0 Å². The normalized spacial score (nSPS) is 15.0. The van der Waals surface area contributed by atoms with Gasteiger partial charge in [-0.1, -0.05) is 0 Å². The van der Waals surface area contributed by atoms with Crippen molar-refractivity contribution in [2.75, 3.05) is 0 Å². The number of hydrogen-bond donors (Lipinski definition) is 1. The Kier molecular flexibility index (Phi) is 12.5. The van der Waals surface area contributed by atoms with E-state index < -0.39 is 26.5 Å². The molecule has 1 nitrogen and oxygen atoms in total. The molecule has 0 saturated heterocycles. The summed E-state index contributed by atoms with van der Waals surface area (Å²) in [5.41, 5.74) is 0. The number of aliphatic hydroxyl groups is 1. The molecule has 1 N–H and O–H groups in total. The topological polar surface area (TPSA) is 20.2 Å². The second-order valence-electron chi connectivity index (χ2n) is 8.46. The Hall–Kier alpha value is 0.716. The van der Waals surface area contributed by atoms with Crippen molar-refractivity contribution in [1.82, 2.24) is 0 Å². The molecule has 0 aliphatic carbocycles. The van der Waals surface area contributed by atoms with Crippen molar-refractivity contribution >= 4 is 26.5 Å². The van der Waals surface area contributed by atoms with E-state index in [2.05, 4.69) is 53.4 Å². The van der Waals surface area contributed by atoms with Crippen LogP contribution >= 0.6 is 0 Å². The molecule has 23 heavy (non-hydrogen) atoms. The van der Waals surface area contributed by atoms with Crippen LogP contribution in [0.15, 0.2) is 11.3 Å². The standard InChI is InChI=1S/C8H17OSi.3C4H9.Sn/c1-5-8(6-7-9)10(2,3)4;3*1-3-4-2;/h5,7,9H,6H2,1-4H3;3*1,3-4H2,2H3;/b8-5-;;;;. The Morgan fingerprint density at radius 3 is 1.57 bits per heavy atom. The fourth-order valence-corrected chi connectivity index (χ4v) is 21.9. The van der Waals surface area contributed by atoms with E-state index in [-0.39, 0.29) is 4.12 Å². The predicted octanol–water partition coefficient (Wildman–Crippen LogP) is 6.95. The average molecular weight is 447 g/mol. The third-order valence-electron chi connectivity index (χ3n) is 5.52. The van der Waals surface area contributed by atoms with Gasteiger partial charge in [-0.05, 0) is 0 Å². The fraction of sp³-hybridized carbons (Fsp3) is 0.900. The molecule has 0 fully saturated rings.